The molecule has 0 aromatic carbocycles. The molecule has 1 aliphatic heterocycles. The first-order chi connectivity index (χ1) is 9.95. The third-order valence-electron chi connectivity index (χ3n) is 3.34. The summed E-state index contributed by atoms with van der Waals surface area (Å²) in [7, 11) is 1.43. The van der Waals surface area contributed by atoms with E-state index in [0.717, 1.165) is 5.01 Å². The molecule has 8 heteroatoms. The van der Waals surface area contributed by atoms with E-state index in [2.05, 4.69) is 12.0 Å². The number of nitrogens with zero attached hydrogens (tertiary/aromatic N) is 2. The average molecular weight is 323 g/mol. The zero-order chi connectivity index (χ0) is 17.1. The number of carbonyl (C=O) groups excluding carboxylic acids is 1. The van der Waals surface area contributed by atoms with E-state index in [4.69, 9.17) is 4.74 Å². The second-order valence-corrected chi connectivity index (χ2v) is 6.24. The molecular weight excluding hydrogens is 299 g/mol. The summed E-state index contributed by atoms with van der Waals surface area (Å²) in [4.78, 5) is 13.4. The Kier molecular flexibility index (Phi) is 5.72. The lowest BCUT2D eigenvalue weighted by atomic mass is 10.0. The van der Waals surface area contributed by atoms with Crippen molar-refractivity contribution in [2.75, 3.05) is 20.1 Å². The van der Waals surface area contributed by atoms with Gasteiger partial charge < -0.3 is 14.6 Å². The van der Waals surface area contributed by atoms with Gasteiger partial charge in [-0.2, -0.15) is 13.2 Å². The topological polar surface area (TPSA) is 44.8 Å². The summed E-state index contributed by atoms with van der Waals surface area (Å²) in [6.45, 7) is 9.12. The number of carbonyl (C=O) groups is 1. The Bertz CT molecular complexity index is 411. The number of hydrogen-bond acceptors (Lipinski definition) is 4. The molecule has 0 atom stereocenters. The van der Waals surface area contributed by atoms with Gasteiger partial charge in [-0.3, -0.25) is 0 Å². The van der Waals surface area contributed by atoms with E-state index in [9.17, 15) is 18.0 Å². The van der Waals surface area contributed by atoms with Crippen LogP contribution in [0.2, 0.25) is 0 Å². The quantitative estimate of drug-likeness (QED) is 0.811. The second-order valence-electron chi connectivity index (χ2n) is 6.24. The maximum Gasteiger partial charge on any atom is 0.431 e. The maximum atomic E-state index is 12.8. The van der Waals surface area contributed by atoms with Gasteiger partial charge in [-0.25, -0.2) is 10.2 Å². The molecule has 1 rings (SSSR count). The van der Waals surface area contributed by atoms with Crippen molar-refractivity contribution in [3.05, 3.63) is 12.3 Å². The lowest BCUT2D eigenvalue weighted by molar-refractivity contribution is -0.121. The Labute approximate surface area is 129 Å². The van der Waals surface area contributed by atoms with Gasteiger partial charge in [0.25, 0.3) is 0 Å². The first kappa shape index (κ1) is 18.6. The highest BCUT2D eigenvalue weighted by Crippen LogP contribution is 2.29. The first-order valence-electron chi connectivity index (χ1n) is 7.16. The summed E-state index contributed by atoms with van der Waals surface area (Å²) >= 11 is 0. The molecule has 5 nitrogen and oxygen atoms in total. The van der Waals surface area contributed by atoms with Crippen LogP contribution in [0.1, 0.15) is 33.6 Å². The molecule has 0 aromatic heterocycles. The highest BCUT2D eigenvalue weighted by molar-refractivity contribution is 5.68. The summed E-state index contributed by atoms with van der Waals surface area (Å²) in [5.41, 5.74) is 1.03. The van der Waals surface area contributed by atoms with Crippen molar-refractivity contribution in [1.29, 1.82) is 0 Å². The van der Waals surface area contributed by atoms with Crippen LogP contribution < -0.4 is 5.43 Å². The summed E-state index contributed by atoms with van der Waals surface area (Å²) in [5.74, 6) is 0. The molecule has 0 saturated carbocycles. The molecule has 1 saturated heterocycles. The predicted molar refractivity (Wildman–Crippen MR) is 76.9 cm³/mol. The average Bonchev–Trinajstić information content (AvgIpc) is 2.37. The molecule has 1 fully saturated rings. The van der Waals surface area contributed by atoms with Crippen molar-refractivity contribution >= 4 is 6.09 Å². The maximum absolute atomic E-state index is 12.8. The lowest BCUT2D eigenvalue weighted by Crippen LogP contribution is -2.52. The zero-order valence-electron chi connectivity index (χ0n) is 13.5. The predicted octanol–water partition coefficient (Wildman–Crippen LogP) is 2.90. The van der Waals surface area contributed by atoms with Crippen LogP contribution in [0.25, 0.3) is 0 Å². The normalized spacial score (nSPS) is 17.3. The summed E-state index contributed by atoms with van der Waals surface area (Å²) in [5, 5.41) is 1.03. The number of likely N-dealkylation sites (tertiary alicyclic amines) is 1. The van der Waals surface area contributed by atoms with Crippen molar-refractivity contribution in [2.45, 2.75) is 51.4 Å². The molecule has 128 valence electrons. The van der Waals surface area contributed by atoms with E-state index in [1.807, 2.05) is 0 Å². The van der Waals surface area contributed by atoms with Crippen LogP contribution in [0.4, 0.5) is 18.0 Å². The smallest absolute Gasteiger partial charge is 0.431 e. The number of hydrazine groups is 1. The molecule has 0 aromatic rings. The molecule has 22 heavy (non-hydrogen) atoms. The molecule has 0 unspecified atom stereocenters. The van der Waals surface area contributed by atoms with Gasteiger partial charge in [-0.1, -0.05) is 6.58 Å². The van der Waals surface area contributed by atoms with Crippen LogP contribution >= 0.6 is 0 Å². The van der Waals surface area contributed by atoms with Gasteiger partial charge in [0.2, 0.25) is 0 Å². The van der Waals surface area contributed by atoms with Gasteiger partial charge in [0.05, 0.1) is 0 Å². The highest BCUT2D eigenvalue weighted by atomic mass is 19.4. The monoisotopic (exact) mass is 323 g/mol. The van der Waals surface area contributed by atoms with Crippen molar-refractivity contribution in [3.8, 4) is 0 Å². The summed E-state index contributed by atoms with van der Waals surface area (Å²) in [6.07, 6.45) is -4.09. The van der Waals surface area contributed by atoms with Crippen LogP contribution in [0.15, 0.2) is 12.3 Å². The molecule has 0 spiro atoms. The molecule has 0 radical (unpaired) electrons. The van der Waals surface area contributed by atoms with Crippen molar-refractivity contribution in [1.82, 2.24) is 15.3 Å². The highest BCUT2D eigenvalue weighted by Gasteiger charge is 2.39. The van der Waals surface area contributed by atoms with E-state index in [-0.39, 0.29) is 6.04 Å². The Balaban J connectivity index is 2.60. The summed E-state index contributed by atoms with van der Waals surface area (Å²) in [6, 6.07) is -0.363. The molecule has 0 aliphatic carbocycles. The van der Waals surface area contributed by atoms with Gasteiger partial charge in [0.15, 0.2) is 0 Å². The van der Waals surface area contributed by atoms with Gasteiger partial charge in [-0.15, -0.1) is 0 Å². The van der Waals surface area contributed by atoms with E-state index >= 15 is 0 Å². The minimum absolute atomic E-state index is 0.350. The van der Waals surface area contributed by atoms with Gasteiger partial charge >= 0.3 is 12.3 Å². The molecule has 1 amide bonds. The van der Waals surface area contributed by atoms with E-state index in [1.165, 1.54) is 11.9 Å². The Morgan fingerprint density at radius 3 is 2.14 bits per heavy atom. The Hall–Kier alpha value is -1.44. The summed E-state index contributed by atoms with van der Waals surface area (Å²) < 4.78 is 43.6. The molecule has 1 heterocycles. The number of ether oxygens (including phenoxy) is 1. The molecule has 0 bridgehead atoms. The third kappa shape index (κ3) is 5.08. The van der Waals surface area contributed by atoms with Crippen molar-refractivity contribution in [3.63, 3.8) is 0 Å². The fourth-order valence-electron chi connectivity index (χ4n) is 2.31. The van der Waals surface area contributed by atoms with Gasteiger partial charge in [-0.05, 0) is 33.6 Å². The number of allylic oxidation sites excluding steroid dienone is 1. The first-order valence-corrected chi connectivity index (χ1v) is 7.16. The van der Waals surface area contributed by atoms with E-state index in [0.29, 0.717) is 25.9 Å². The number of piperidine rings is 1. The second kappa shape index (κ2) is 6.76. The van der Waals surface area contributed by atoms with Gasteiger partial charge in [0.1, 0.15) is 11.3 Å². The number of nitrogens with one attached hydrogen (secondary N) is 1. The van der Waals surface area contributed by atoms with Crippen LogP contribution in [-0.2, 0) is 4.74 Å². The third-order valence-corrected chi connectivity index (χ3v) is 3.34. The van der Waals surface area contributed by atoms with E-state index in [1.54, 1.807) is 20.8 Å². The van der Waals surface area contributed by atoms with Crippen molar-refractivity contribution in [2.24, 2.45) is 0 Å². The standard InChI is InChI=1S/C14H24F3N3O2/c1-10(14(15,16)17)20(18-5)11-6-8-19(9-7-11)12(21)22-13(2,3)4/h11,18H,1,6-9H2,2-5H3. The number of rotatable bonds is 3. The number of halogens is 3. The number of amides is 1. The Morgan fingerprint density at radius 1 is 1.27 bits per heavy atom. The lowest BCUT2D eigenvalue weighted by Gasteiger charge is -2.40. The minimum atomic E-state index is -4.48. The van der Waals surface area contributed by atoms with Crippen LogP contribution in [0.5, 0.6) is 0 Å². The Morgan fingerprint density at radius 2 is 1.77 bits per heavy atom. The SMILES string of the molecule is C=C(N(NC)C1CCN(C(=O)OC(C)(C)C)CC1)C(F)(F)F. The largest absolute Gasteiger partial charge is 0.444 e. The van der Waals surface area contributed by atoms with E-state index < -0.39 is 23.6 Å². The zero-order valence-corrected chi connectivity index (χ0v) is 13.5. The molecule has 1 N–H and O–H groups in total. The van der Waals surface area contributed by atoms with Crippen LogP contribution in [0, 0.1) is 0 Å². The number of alkyl halides is 3. The number of hydrogen-bond donors (Lipinski definition) is 1. The van der Waals surface area contributed by atoms with Crippen LogP contribution in [-0.4, -0.2) is 54.0 Å². The van der Waals surface area contributed by atoms with Crippen LogP contribution in [0.3, 0.4) is 0 Å². The van der Waals surface area contributed by atoms with Gasteiger partial charge in [0, 0.05) is 26.2 Å². The fraction of sp³-hybridized carbons (Fsp3) is 0.786. The minimum Gasteiger partial charge on any atom is -0.444 e. The molecule has 1 aliphatic rings. The molecular formula is C14H24F3N3O2. The fourth-order valence-corrected chi connectivity index (χ4v) is 2.31. The van der Waals surface area contributed by atoms with Crippen molar-refractivity contribution < 1.29 is 22.7 Å².